The molecule has 2 aliphatic rings. The Bertz CT molecular complexity index is 924. The van der Waals surface area contributed by atoms with Crippen LogP contribution in [0.1, 0.15) is 40.9 Å². The zero-order chi connectivity index (χ0) is 19.7. The fraction of sp³-hybridized carbons (Fsp3) is 0.455. The zero-order valence-electron chi connectivity index (χ0n) is 16.2. The zero-order valence-corrected chi connectivity index (χ0v) is 16.2. The second kappa shape index (κ2) is 7.51. The molecule has 4 rings (SSSR count). The molecule has 1 amide bonds. The summed E-state index contributed by atoms with van der Waals surface area (Å²) in [5.74, 6) is -0.385. The molecule has 0 radical (unpaired) electrons. The highest BCUT2D eigenvalue weighted by molar-refractivity contribution is 5.94. The number of piperidine rings is 1. The number of rotatable bonds is 3. The third-order valence-electron chi connectivity index (χ3n) is 6.07. The van der Waals surface area contributed by atoms with E-state index in [0.717, 1.165) is 50.2 Å². The maximum Gasteiger partial charge on any atom is 0.260 e. The molecule has 0 bridgehead atoms. The van der Waals surface area contributed by atoms with Gasteiger partial charge in [-0.3, -0.25) is 14.5 Å². The summed E-state index contributed by atoms with van der Waals surface area (Å²) in [6.07, 6.45) is 3.15. The van der Waals surface area contributed by atoms with Crippen LogP contribution in [0.15, 0.2) is 41.2 Å². The van der Waals surface area contributed by atoms with E-state index in [2.05, 4.69) is 9.88 Å². The van der Waals surface area contributed by atoms with Crippen LogP contribution in [0, 0.1) is 18.2 Å². The monoisotopic (exact) mass is 383 g/mol. The van der Waals surface area contributed by atoms with Gasteiger partial charge < -0.3 is 9.88 Å². The molecule has 1 atom stereocenters. The number of carbonyl (C=O) groups is 1. The van der Waals surface area contributed by atoms with Gasteiger partial charge in [-0.25, -0.2) is 4.39 Å². The van der Waals surface area contributed by atoms with Crippen LogP contribution in [-0.2, 0) is 6.54 Å². The lowest BCUT2D eigenvalue weighted by Gasteiger charge is -2.40. The fourth-order valence-corrected chi connectivity index (χ4v) is 4.65. The normalized spacial score (nSPS) is 22.7. The summed E-state index contributed by atoms with van der Waals surface area (Å²) in [4.78, 5) is 32.0. The largest absolute Gasteiger partial charge is 0.338 e. The van der Waals surface area contributed by atoms with Gasteiger partial charge in [0.15, 0.2) is 0 Å². The van der Waals surface area contributed by atoms with Crippen LogP contribution in [0.3, 0.4) is 0 Å². The minimum atomic E-state index is -0.312. The van der Waals surface area contributed by atoms with Crippen LogP contribution in [0.5, 0.6) is 0 Å². The van der Waals surface area contributed by atoms with Crippen molar-refractivity contribution < 1.29 is 9.18 Å². The Morgan fingerprint density at radius 1 is 1.11 bits per heavy atom. The number of nitrogens with zero attached hydrogens (tertiary/aromatic N) is 2. The first-order valence-electron chi connectivity index (χ1n) is 9.90. The number of nitrogens with one attached hydrogen (secondary N) is 1. The summed E-state index contributed by atoms with van der Waals surface area (Å²) >= 11 is 0. The Labute approximate surface area is 164 Å². The van der Waals surface area contributed by atoms with E-state index >= 15 is 0 Å². The summed E-state index contributed by atoms with van der Waals surface area (Å²) < 4.78 is 13.1. The van der Waals surface area contributed by atoms with Gasteiger partial charge >= 0.3 is 0 Å². The molecule has 6 heteroatoms. The molecule has 2 saturated heterocycles. The van der Waals surface area contributed by atoms with Gasteiger partial charge in [0.2, 0.25) is 0 Å². The van der Waals surface area contributed by atoms with E-state index < -0.39 is 0 Å². The van der Waals surface area contributed by atoms with E-state index in [4.69, 9.17) is 0 Å². The molecule has 1 spiro atoms. The maximum atomic E-state index is 13.1. The number of aromatic amines is 1. The van der Waals surface area contributed by atoms with Crippen molar-refractivity contribution in [3.05, 3.63) is 69.4 Å². The quantitative estimate of drug-likeness (QED) is 0.887. The second-order valence-corrected chi connectivity index (χ2v) is 8.30. The van der Waals surface area contributed by atoms with Crippen LogP contribution in [-0.4, -0.2) is 46.9 Å². The number of likely N-dealkylation sites (tertiary alicyclic amines) is 2. The van der Waals surface area contributed by atoms with E-state index in [1.165, 1.54) is 12.1 Å². The van der Waals surface area contributed by atoms with Gasteiger partial charge in [0, 0.05) is 37.3 Å². The number of pyridine rings is 1. The van der Waals surface area contributed by atoms with Gasteiger partial charge in [0.05, 0.1) is 0 Å². The molecule has 2 aliphatic heterocycles. The van der Waals surface area contributed by atoms with Crippen molar-refractivity contribution in [2.75, 3.05) is 26.2 Å². The van der Waals surface area contributed by atoms with Crippen molar-refractivity contribution in [2.24, 2.45) is 5.41 Å². The Morgan fingerprint density at radius 3 is 2.64 bits per heavy atom. The van der Waals surface area contributed by atoms with E-state index in [1.807, 2.05) is 17.0 Å². The van der Waals surface area contributed by atoms with E-state index in [1.54, 1.807) is 19.1 Å². The minimum Gasteiger partial charge on any atom is -0.338 e. The average Bonchev–Trinajstić information content (AvgIpc) is 3.06. The number of hydrogen-bond acceptors (Lipinski definition) is 3. The maximum absolute atomic E-state index is 13.1. The standard InChI is InChI=1S/C22H26FN3O2/c1-16-3-8-19(20(27)24-16)21(28)26-12-10-22(15-26)9-2-11-25(14-22)13-17-4-6-18(23)7-5-17/h3-8H,2,9-15H2,1H3,(H,24,27). The Balaban J connectivity index is 1.43. The predicted molar refractivity (Wildman–Crippen MR) is 106 cm³/mol. The van der Waals surface area contributed by atoms with Crippen LogP contribution in [0.4, 0.5) is 4.39 Å². The number of halogens is 1. The lowest BCUT2D eigenvalue weighted by molar-refractivity contribution is 0.0674. The first-order chi connectivity index (χ1) is 13.4. The molecule has 1 aromatic carbocycles. The van der Waals surface area contributed by atoms with Gasteiger partial charge in [-0.1, -0.05) is 12.1 Å². The molecule has 148 valence electrons. The first-order valence-corrected chi connectivity index (χ1v) is 9.90. The van der Waals surface area contributed by atoms with E-state index in [9.17, 15) is 14.0 Å². The number of benzene rings is 1. The molecule has 2 fully saturated rings. The number of aromatic nitrogens is 1. The molecule has 0 saturated carbocycles. The average molecular weight is 383 g/mol. The van der Waals surface area contributed by atoms with Crippen molar-refractivity contribution in [2.45, 2.75) is 32.7 Å². The minimum absolute atomic E-state index is 0.0887. The Hall–Kier alpha value is -2.47. The molecule has 1 aromatic heterocycles. The predicted octanol–water partition coefficient (Wildman–Crippen LogP) is 2.95. The molecule has 0 aliphatic carbocycles. The van der Waals surface area contributed by atoms with Crippen LogP contribution in [0.2, 0.25) is 0 Å². The van der Waals surface area contributed by atoms with Crippen molar-refractivity contribution in [1.82, 2.24) is 14.8 Å². The third-order valence-corrected chi connectivity index (χ3v) is 6.07. The molecule has 1 unspecified atom stereocenters. The Kier molecular flexibility index (Phi) is 5.06. The topological polar surface area (TPSA) is 56.4 Å². The van der Waals surface area contributed by atoms with Crippen LogP contribution in [0.25, 0.3) is 0 Å². The number of H-pyrrole nitrogens is 1. The Morgan fingerprint density at radius 2 is 1.89 bits per heavy atom. The first kappa shape index (κ1) is 18.9. The van der Waals surface area contributed by atoms with Gasteiger partial charge in [-0.2, -0.15) is 0 Å². The van der Waals surface area contributed by atoms with Gasteiger partial charge in [0.1, 0.15) is 11.4 Å². The highest BCUT2D eigenvalue weighted by atomic mass is 19.1. The molecule has 5 nitrogen and oxygen atoms in total. The number of amides is 1. The smallest absolute Gasteiger partial charge is 0.260 e. The second-order valence-electron chi connectivity index (χ2n) is 8.30. The van der Waals surface area contributed by atoms with Crippen molar-refractivity contribution in [3.63, 3.8) is 0 Å². The summed E-state index contributed by atoms with van der Waals surface area (Å²) in [7, 11) is 0. The van der Waals surface area contributed by atoms with Crippen molar-refractivity contribution in [3.8, 4) is 0 Å². The van der Waals surface area contributed by atoms with Crippen LogP contribution >= 0.6 is 0 Å². The molecular formula is C22H26FN3O2. The summed E-state index contributed by atoms with van der Waals surface area (Å²) in [5.41, 5.74) is 1.86. The fourth-order valence-electron chi connectivity index (χ4n) is 4.65. The molecule has 2 aromatic rings. The molecular weight excluding hydrogens is 357 g/mol. The van der Waals surface area contributed by atoms with Gasteiger partial charge in [-0.05, 0) is 62.6 Å². The van der Waals surface area contributed by atoms with Gasteiger partial charge in [0.25, 0.3) is 11.5 Å². The highest BCUT2D eigenvalue weighted by Gasteiger charge is 2.43. The number of hydrogen-bond donors (Lipinski definition) is 1. The van der Waals surface area contributed by atoms with E-state index in [0.29, 0.717) is 13.1 Å². The lowest BCUT2D eigenvalue weighted by atomic mass is 9.79. The highest BCUT2D eigenvalue weighted by Crippen LogP contribution is 2.39. The third kappa shape index (κ3) is 3.87. The van der Waals surface area contributed by atoms with Crippen LogP contribution < -0.4 is 5.56 Å². The van der Waals surface area contributed by atoms with Gasteiger partial charge in [-0.15, -0.1) is 0 Å². The number of aryl methyl sites for hydroxylation is 1. The molecule has 3 heterocycles. The van der Waals surface area contributed by atoms with Crippen molar-refractivity contribution in [1.29, 1.82) is 0 Å². The van der Waals surface area contributed by atoms with E-state index in [-0.39, 0.29) is 28.3 Å². The number of carbonyl (C=O) groups excluding carboxylic acids is 1. The van der Waals surface area contributed by atoms with Crippen molar-refractivity contribution >= 4 is 5.91 Å². The molecule has 28 heavy (non-hydrogen) atoms. The lowest BCUT2D eigenvalue weighted by Crippen LogP contribution is -2.45. The SMILES string of the molecule is Cc1ccc(C(=O)N2CCC3(CCCN(Cc4ccc(F)cc4)C3)C2)c(=O)[nH]1. The summed E-state index contributed by atoms with van der Waals surface area (Å²) in [5, 5.41) is 0. The molecule has 1 N–H and O–H groups in total. The summed E-state index contributed by atoms with van der Waals surface area (Å²) in [6, 6.07) is 10.1. The summed E-state index contributed by atoms with van der Waals surface area (Å²) in [6.45, 7) is 5.94.